The van der Waals surface area contributed by atoms with E-state index in [1.807, 2.05) is 0 Å². The van der Waals surface area contributed by atoms with Crippen molar-refractivity contribution in [3.05, 3.63) is 45.4 Å². The Kier molecular flexibility index (Phi) is 4.85. The zero-order valence-corrected chi connectivity index (χ0v) is 12.0. The fraction of sp³-hybridized carbons (Fsp3) is 0.286. The highest BCUT2D eigenvalue weighted by molar-refractivity contribution is 7.13. The summed E-state index contributed by atoms with van der Waals surface area (Å²) in [4.78, 5) is 15.3. The van der Waals surface area contributed by atoms with E-state index >= 15 is 0 Å². The maximum absolute atomic E-state index is 13.3. The fourth-order valence-corrected chi connectivity index (χ4v) is 2.70. The molecule has 7 heteroatoms. The lowest BCUT2D eigenvalue weighted by atomic mass is 10.3. The molecule has 0 aliphatic heterocycles. The molecule has 0 saturated heterocycles. The molecule has 0 bridgehead atoms. The Labute approximate surface area is 124 Å². The lowest BCUT2D eigenvalue weighted by molar-refractivity contribution is 0.0701. The first-order chi connectivity index (χ1) is 9.97. The van der Waals surface area contributed by atoms with E-state index < -0.39 is 17.6 Å². The first-order valence-electron chi connectivity index (χ1n) is 6.25. The van der Waals surface area contributed by atoms with Crippen LogP contribution in [-0.4, -0.2) is 22.7 Å². The SMILES string of the molecule is Cc1nc(CCCOc2ccc(F)cc2F)sc1C(=O)O. The molecule has 0 saturated carbocycles. The number of halogens is 2. The van der Waals surface area contributed by atoms with Crippen LogP contribution in [0, 0.1) is 18.6 Å². The van der Waals surface area contributed by atoms with Gasteiger partial charge in [0, 0.05) is 12.5 Å². The minimum absolute atomic E-state index is 0.00190. The van der Waals surface area contributed by atoms with E-state index in [9.17, 15) is 13.6 Å². The standard InChI is InChI=1S/C14H13F2NO3S/c1-8-13(14(18)19)21-12(17-8)3-2-6-20-11-5-4-9(15)7-10(11)16/h4-5,7H,2-3,6H2,1H3,(H,18,19). The van der Waals surface area contributed by atoms with Crippen molar-refractivity contribution in [1.29, 1.82) is 0 Å². The predicted molar refractivity (Wildman–Crippen MR) is 74.0 cm³/mol. The average Bonchev–Trinajstić information content (AvgIpc) is 2.78. The van der Waals surface area contributed by atoms with E-state index in [1.165, 1.54) is 6.07 Å². The normalized spacial score (nSPS) is 10.6. The van der Waals surface area contributed by atoms with Crippen LogP contribution in [0.15, 0.2) is 18.2 Å². The molecule has 21 heavy (non-hydrogen) atoms. The summed E-state index contributed by atoms with van der Waals surface area (Å²) in [5.41, 5.74) is 0.494. The van der Waals surface area contributed by atoms with Crippen LogP contribution in [0.5, 0.6) is 5.75 Å². The summed E-state index contributed by atoms with van der Waals surface area (Å²) >= 11 is 1.13. The number of rotatable bonds is 6. The van der Waals surface area contributed by atoms with Gasteiger partial charge < -0.3 is 9.84 Å². The molecule has 1 aromatic heterocycles. The third-order valence-corrected chi connectivity index (χ3v) is 3.93. The number of carbonyl (C=O) groups is 1. The van der Waals surface area contributed by atoms with Gasteiger partial charge in [-0.25, -0.2) is 18.6 Å². The van der Waals surface area contributed by atoms with Gasteiger partial charge in [0.2, 0.25) is 0 Å². The van der Waals surface area contributed by atoms with Gasteiger partial charge in [0.15, 0.2) is 11.6 Å². The van der Waals surface area contributed by atoms with Gasteiger partial charge in [0.1, 0.15) is 10.7 Å². The Bertz CT molecular complexity index is 658. The van der Waals surface area contributed by atoms with Crippen molar-refractivity contribution in [2.75, 3.05) is 6.61 Å². The monoisotopic (exact) mass is 313 g/mol. The molecule has 2 aromatic rings. The number of hydrogen-bond donors (Lipinski definition) is 1. The highest BCUT2D eigenvalue weighted by Gasteiger charge is 2.13. The first-order valence-corrected chi connectivity index (χ1v) is 7.06. The van der Waals surface area contributed by atoms with E-state index in [0.717, 1.165) is 23.5 Å². The third kappa shape index (κ3) is 3.98. The highest BCUT2D eigenvalue weighted by atomic mass is 32.1. The Hall–Kier alpha value is -2.02. The minimum atomic E-state index is -0.985. The van der Waals surface area contributed by atoms with Crippen molar-refractivity contribution in [2.45, 2.75) is 19.8 Å². The quantitative estimate of drug-likeness (QED) is 0.830. The molecule has 0 atom stereocenters. The van der Waals surface area contributed by atoms with Crippen molar-refractivity contribution in [3.8, 4) is 5.75 Å². The zero-order valence-electron chi connectivity index (χ0n) is 11.2. The molecule has 0 radical (unpaired) electrons. The molecule has 1 aromatic carbocycles. The third-order valence-electron chi connectivity index (χ3n) is 2.72. The lowest BCUT2D eigenvalue weighted by Gasteiger charge is -2.06. The van der Waals surface area contributed by atoms with Crippen molar-refractivity contribution in [2.24, 2.45) is 0 Å². The maximum atomic E-state index is 13.3. The number of benzene rings is 1. The Morgan fingerprint density at radius 2 is 2.19 bits per heavy atom. The smallest absolute Gasteiger partial charge is 0.347 e. The molecule has 0 spiro atoms. The van der Waals surface area contributed by atoms with Crippen LogP contribution < -0.4 is 4.74 Å². The Balaban J connectivity index is 1.84. The molecule has 0 amide bonds. The topological polar surface area (TPSA) is 59.4 Å². The van der Waals surface area contributed by atoms with Crippen LogP contribution >= 0.6 is 11.3 Å². The summed E-state index contributed by atoms with van der Waals surface area (Å²) in [7, 11) is 0. The predicted octanol–water partition coefficient (Wildman–Crippen LogP) is 3.44. The molecule has 0 aliphatic carbocycles. The van der Waals surface area contributed by atoms with E-state index in [4.69, 9.17) is 9.84 Å². The van der Waals surface area contributed by atoms with Crippen LogP contribution in [0.1, 0.15) is 26.8 Å². The van der Waals surface area contributed by atoms with Crippen molar-refractivity contribution >= 4 is 17.3 Å². The van der Waals surface area contributed by atoms with Gasteiger partial charge in [-0.05, 0) is 25.5 Å². The summed E-state index contributed by atoms with van der Waals surface area (Å²) < 4.78 is 31.2. The van der Waals surface area contributed by atoms with Crippen LogP contribution in [0.4, 0.5) is 8.78 Å². The molecule has 1 N–H and O–H groups in total. The number of carboxylic acid groups (broad SMARTS) is 1. The molecule has 1 heterocycles. The Morgan fingerprint density at radius 1 is 1.43 bits per heavy atom. The zero-order chi connectivity index (χ0) is 15.4. The lowest BCUT2D eigenvalue weighted by Crippen LogP contribution is -2.01. The molecule has 0 fully saturated rings. The van der Waals surface area contributed by atoms with E-state index in [0.29, 0.717) is 23.5 Å². The maximum Gasteiger partial charge on any atom is 0.347 e. The molecule has 112 valence electrons. The van der Waals surface area contributed by atoms with Crippen molar-refractivity contribution in [3.63, 3.8) is 0 Å². The van der Waals surface area contributed by atoms with Gasteiger partial charge in [0.25, 0.3) is 0 Å². The molecular weight excluding hydrogens is 300 g/mol. The van der Waals surface area contributed by atoms with Gasteiger partial charge in [-0.3, -0.25) is 0 Å². The van der Waals surface area contributed by atoms with E-state index in [2.05, 4.69) is 4.98 Å². The van der Waals surface area contributed by atoms with Crippen molar-refractivity contribution < 1.29 is 23.4 Å². The molecule has 0 aliphatic rings. The second kappa shape index (κ2) is 6.62. The number of thiazole rings is 1. The molecule has 4 nitrogen and oxygen atoms in total. The number of ether oxygens (including phenoxy) is 1. The number of aromatic nitrogens is 1. The van der Waals surface area contributed by atoms with Gasteiger partial charge >= 0.3 is 5.97 Å². The number of hydrogen-bond acceptors (Lipinski definition) is 4. The van der Waals surface area contributed by atoms with E-state index in [-0.39, 0.29) is 17.2 Å². The van der Waals surface area contributed by atoms with Crippen LogP contribution in [-0.2, 0) is 6.42 Å². The van der Waals surface area contributed by atoms with Gasteiger partial charge in [0.05, 0.1) is 17.3 Å². The number of nitrogens with zero attached hydrogens (tertiary/aromatic N) is 1. The van der Waals surface area contributed by atoms with E-state index in [1.54, 1.807) is 6.92 Å². The number of aryl methyl sites for hydroxylation is 2. The Morgan fingerprint density at radius 3 is 2.81 bits per heavy atom. The summed E-state index contributed by atoms with van der Waals surface area (Å²) in [6, 6.07) is 3.13. The van der Waals surface area contributed by atoms with Crippen LogP contribution in [0.25, 0.3) is 0 Å². The van der Waals surface area contributed by atoms with Crippen molar-refractivity contribution in [1.82, 2.24) is 4.98 Å². The first kappa shape index (κ1) is 15.4. The largest absolute Gasteiger partial charge is 0.491 e. The highest BCUT2D eigenvalue weighted by Crippen LogP contribution is 2.20. The molecule has 2 rings (SSSR count). The second-order valence-electron chi connectivity index (χ2n) is 4.35. The summed E-state index contributed by atoms with van der Waals surface area (Å²) in [5, 5.41) is 9.63. The van der Waals surface area contributed by atoms with Gasteiger partial charge in [-0.2, -0.15) is 0 Å². The fourth-order valence-electron chi connectivity index (χ4n) is 1.76. The summed E-state index contributed by atoms with van der Waals surface area (Å²) in [6.07, 6.45) is 1.10. The number of carboxylic acids is 1. The van der Waals surface area contributed by atoms with Gasteiger partial charge in [-0.1, -0.05) is 0 Å². The van der Waals surface area contributed by atoms with Crippen LogP contribution in [0.2, 0.25) is 0 Å². The second-order valence-corrected chi connectivity index (χ2v) is 5.44. The van der Waals surface area contributed by atoms with Crippen LogP contribution in [0.3, 0.4) is 0 Å². The molecule has 0 unspecified atom stereocenters. The number of aromatic carboxylic acids is 1. The summed E-state index contributed by atoms with van der Waals surface area (Å²) in [6.45, 7) is 1.89. The summed E-state index contributed by atoms with van der Waals surface area (Å²) in [5.74, 6) is -2.38. The molecular formula is C14H13F2NO3S. The average molecular weight is 313 g/mol. The van der Waals surface area contributed by atoms with Gasteiger partial charge in [-0.15, -0.1) is 11.3 Å². The minimum Gasteiger partial charge on any atom is -0.491 e.